The van der Waals surface area contributed by atoms with Crippen LogP contribution < -0.4 is 5.32 Å². The minimum Gasteiger partial charge on any atom is -0.454 e. The van der Waals surface area contributed by atoms with E-state index >= 15 is 0 Å². The number of esters is 1. The largest absolute Gasteiger partial charge is 0.454 e. The van der Waals surface area contributed by atoms with E-state index in [1.165, 1.54) is 148 Å². The van der Waals surface area contributed by atoms with E-state index in [1.54, 1.807) is 6.08 Å². The molecule has 8 atom stereocenters. The van der Waals surface area contributed by atoms with E-state index in [4.69, 9.17) is 14.2 Å². The maximum absolute atomic E-state index is 13.4. The zero-order valence-electron chi connectivity index (χ0n) is 52.8. The molecule has 0 spiro atoms. The molecule has 11 nitrogen and oxygen atoms in total. The molecule has 0 radical (unpaired) electrons. The minimum absolute atomic E-state index is 0.112. The van der Waals surface area contributed by atoms with Gasteiger partial charge in [0.05, 0.1) is 25.4 Å². The number of hydrogen-bond donors (Lipinski definition) is 6. The van der Waals surface area contributed by atoms with Crippen LogP contribution in [0.25, 0.3) is 0 Å². The van der Waals surface area contributed by atoms with Gasteiger partial charge in [0.15, 0.2) is 12.4 Å². The van der Waals surface area contributed by atoms with Gasteiger partial charge in [-0.3, -0.25) is 9.59 Å². The molecule has 83 heavy (non-hydrogen) atoms. The van der Waals surface area contributed by atoms with Gasteiger partial charge in [0.25, 0.3) is 0 Å². The first-order chi connectivity index (χ1) is 40.7. The highest BCUT2D eigenvalue weighted by Crippen LogP contribution is 2.26. The molecule has 1 saturated heterocycles. The van der Waals surface area contributed by atoms with Crippen LogP contribution in [0.4, 0.5) is 0 Å². The van der Waals surface area contributed by atoms with Gasteiger partial charge in [-0.2, -0.15) is 0 Å². The first kappa shape index (κ1) is 77.3. The Bertz CT molecular complexity index is 1770. The van der Waals surface area contributed by atoms with Crippen LogP contribution in [0, 0.1) is 0 Å². The summed E-state index contributed by atoms with van der Waals surface area (Å²) in [6.07, 6.45) is 69.9. The van der Waals surface area contributed by atoms with Gasteiger partial charge in [-0.1, -0.05) is 291 Å². The van der Waals surface area contributed by atoms with Gasteiger partial charge >= 0.3 is 5.97 Å². The van der Waals surface area contributed by atoms with Gasteiger partial charge in [0.2, 0.25) is 5.91 Å². The van der Waals surface area contributed by atoms with Crippen molar-refractivity contribution in [2.24, 2.45) is 0 Å². The van der Waals surface area contributed by atoms with Crippen LogP contribution in [0.1, 0.15) is 271 Å². The lowest BCUT2D eigenvalue weighted by Crippen LogP contribution is -2.61. The van der Waals surface area contributed by atoms with Crippen molar-refractivity contribution in [3.63, 3.8) is 0 Å². The Hall–Kier alpha value is -3.68. The number of hydrogen-bond acceptors (Lipinski definition) is 10. The summed E-state index contributed by atoms with van der Waals surface area (Å²) >= 11 is 0. The zero-order valence-corrected chi connectivity index (χ0v) is 52.8. The third-order valence-electron chi connectivity index (χ3n) is 15.3. The standard InChI is InChI=1S/C72H123NO10/c1-4-7-10-13-16-19-22-25-27-28-29-30-31-32-33-34-35-36-37-38-39-42-45-48-51-54-57-60-67(77)83-70-69(79)68(78)66(61-74)82-72(70)81-62-63(64(75)58-55-52-49-46-43-40-24-21-18-15-12-9-6-3)73-71(80)65(76)59-56-53-50-47-44-41-26-23-20-17-14-11-8-5-2/h8,11,14,16-17,19-20,23,25-27,29-30,41,44,47,55,58,63-66,68-70,72,74-76,78-79H,4-7,9-10,12-13,15,18,21-22,24,28,31-40,42-43,45-46,48-54,56-57,59-62H2,1-3H3,(H,73,80)/b11-8+,17-14+,19-16-,23-20-,27-25-,30-29-,41-26-,47-44+,58-55+. The predicted molar refractivity (Wildman–Crippen MR) is 347 cm³/mol. The number of nitrogens with one attached hydrogen (secondary N) is 1. The molecular formula is C72H123NO10. The molecule has 1 fully saturated rings. The van der Waals surface area contributed by atoms with Crippen molar-refractivity contribution in [2.45, 2.75) is 320 Å². The Morgan fingerprint density at radius 1 is 0.494 bits per heavy atom. The number of allylic oxidation sites excluding steroid dienone is 17. The van der Waals surface area contributed by atoms with E-state index in [0.717, 1.165) is 77.0 Å². The summed E-state index contributed by atoms with van der Waals surface area (Å²) < 4.78 is 17.6. The van der Waals surface area contributed by atoms with E-state index in [9.17, 15) is 35.1 Å². The monoisotopic (exact) mass is 1160 g/mol. The van der Waals surface area contributed by atoms with E-state index in [0.29, 0.717) is 12.8 Å². The average molecular weight is 1160 g/mol. The van der Waals surface area contributed by atoms with E-state index in [1.807, 2.05) is 60.8 Å². The maximum atomic E-state index is 13.4. The van der Waals surface area contributed by atoms with Crippen molar-refractivity contribution in [1.82, 2.24) is 5.32 Å². The Morgan fingerprint density at radius 2 is 0.916 bits per heavy atom. The molecule has 1 aliphatic heterocycles. The van der Waals surface area contributed by atoms with Crippen LogP contribution in [-0.4, -0.2) is 99.6 Å². The summed E-state index contributed by atoms with van der Waals surface area (Å²) in [5.41, 5.74) is 0. The first-order valence-corrected chi connectivity index (χ1v) is 33.7. The molecule has 0 bridgehead atoms. The molecule has 1 heterocycles. The molecular weight excluding hydrogens is 1040 g/mol. The third kappa shape index (κ3) is 46.2. The molecule has 1 amide bonds. The highest BCUT2D eigenvalue weighted by Gasteiger charge is 2.47. The van der Waals surface area contributed by atoms with Gasteiger partial charge in [-0.25, -0.2) is 0 Å². The fourth-order valence-corrected chi connectivity index (χ4v) is 9.97. The number of aliphatic hydroxyl groups excluding tert-OH is 5. The second-order valence-corrected chi connectivity index (χ2v) is 22.9. The van der Waals surface area contributed by atoms with E-state index in [2.05, 4.69) is 68.6 Å². The van der Waals surface area contributed by atoms with Crippen LogP contribution in [0.3, 0.4) is 0 Å². The van der Waals surface area contributed by atoms with Crippen molar-refractivity contribution in [2.75, 3.05) is 13.2 Å². The van der Waals surface area contributed by atoms with Crippen LogP contribution in [-0.2, 0) is 23.8 Å². The van der Waals surface area contributed by atoms with Gasteiger partial charge in [0.1, 0.15) is 24.4 Å². The number of unbranched alkanes of at least 4 members (excludes halogenated alkanes) is 30. The topological polar surface area (TPSA) is 175 Å². The average Bonchev–Trinajstić information content (AvgIpc) is 3.51. The number of amides is 1. The Kier molecular flexibility index (Phi) is 54.7. The smallest absolute Gasteiger partial charge is 0.306 e. The fraction of sp³-hybridized carbons (Fsp3) is 0.722. The second kappa shape index (κ2) is 58.7. The molecule has 1 aliphatic rings. The highest BCUT2D eigenvalue weighted by molar-refractivity contribution is 5.80. The highest BCUT2D eigenvalue weighted by atomic mass is 16.7. The van der Waals surface area contributed by atoms with Crippen LogP contribution in [0.5, 0.6) is 0 Å². The molecule has 8 unspecified atom stereocenters. The minimum atomic E-state index is -1.63. The van der Waals surface area contributed by atoms with Crippen LogP contribution in [0.15, 0.2) is 109 Å². The van der Waals surface area contributed by atoms with E-state index < -0.39 is 67.4 Å². The first-order valence-electron chi connectivity index (χ1n) is 33.7. The fourth-order valence-electron chi connectivity index (χ4n) is 9.97. The molecule has 0 aromatic rings. The van der Waals surface area contributed by atoms with Gasteiger partial charge in [-0.15, -0.1) is 0 Å². The lowest BCUT2D eigenvalue weighted by Gasteiger charge is -2.41. The Labute approximate surface area is 507 Å². The SMILES string of the molecule is CC/C=C/C=C/C=C\C=C/C=C/CCCCC(O)C(=O)NC(COC1OC(CO)C(O)C(O)C1OC(=O)CCCCCCCCCCCCCCCC/C=C\C/C=C\C/C=C\CCCCC)C(O)/C=C/CCCCCCCCCCCCC. The molecule has 0 aromatic carbocycles. The number of carbonyl (C=O) groups is 2. The maximum Gasteiger partial charge on any atom is 0.306 e. The van der Waals surface area contributed by atoms with Crippen molar-refractivity contribution in [3.8, 4) is 0 Å². The van der Waals surface area contributed by atoms with Crippen molar-refractivity contribution < 1.29 is 49.3 Å². The summed E-state index contributed by atoms with van der Waals surface area (Å²) in [6, 6.07) is -1.05. The van der Waals surface area contributed by atoms with Crippen molar-refractivity contribution in [3.05, 3.63) is 109 Å². The molecule has 0 aromatic heterocycles. The summed E-state index contributed by atoms with van der Waals surface area (Å²) in [4.78, 5) is 26.6. The lowest BCUT2D eigenvalue weighted by atomic mass is 9.99. The van der Waals surface area contributed by atoms with E-state index in [-0.39, 0.29) is 19.4 Å². The summed E-state index contributed by atoms with van der Waals surface area (Å²) in [5, 5.41) is 57.0. The molecule has 0 aliphatic carbocycles. The summed E-state index contributed by atoms with van der Waals surface area (Å²) in [5.74, 6) is -1.24. The van der Waals surface area contributed by atoms with Crippen LogP contribution in [0.2, 0.25) is 0 Å². The quantitative estimate of drug-likeness (QED) is 0.0149. The van der Waals surface area contributed by atoms with Gasteiger partial charge in [0, 0.05) is 6.42 Å². The zero-order chi connectivity index (χ0) is 60.3. The Morgan fingerprint density at radius 3 is 1.43 bits per heavy atom. The molecule has 0 saturated carbocycles. The molecule has 476 valence electrons. The third-order valence-corrected chi connectivity index (χ3v) is 15.3. The summed E-state index contributed by atoms with van der Waals surface area (Å²) in [7, 11) is 0. The molecule has 1 rings (SSSR count). The van der Waals surface area contributed by atoms with Crippen molar-refractivity contribution in [1.29, 1.82) is 0 Å². The summed E-state index contributed by atoms with van der Waals surface area (Å²) in [6.45, 7) is 5.60. The van der Waals surface area contributed by atoms with Crippen LogP contribution >= 0.6 is 0 Å². The Balaban J connectivity index is 2.59. The number of ether oxygens (including phenoxy) is 3. The molecule has 6 N–H and O–H groups in total. The number of carbonyl (C=O) groups excluding carboxylic acids is 2. The lowest BCUT2D eigenvalue weighted by molar-refractivity contribution is -0.305. The second-order valence-electron chi connectivity index (χ2n) is 22.9. The number of aliphatic hydroxyl groups is 5. The van der Waals surface area contributed by atoms with Gasteiger partial charge < -0.3 is 45.1 Å². The molecule has 11 heteroatoms. The van der Waals surface area contributed by atoms with Crippen molar-refractivity contribution >= 4 is 11.9 Å². The predicted octanol–water partition coefficient (Wildman–Crippen LogP) is 16.8. The van der Waals surface area contributed by atoms with Gasteiger partial charge in [-0.05, 0) is 83.5 Å². The normalized spacial score (nSPS) is 19.3. The number of rotatable bonds is 56.